The Morgan fingerprint density at radius 3 is 2.81 bits per heavy atom. The summed E-state index contributed by atoms with van der Waals surface area (Å²) in [6.07, 6.45) is 0. The van der Waals surface area contributed by atoms with E-state index in [-0.39, 0.29) is 18.1 Å². The Hall–Kier alpha value is -2.24. The molecule has 1 heterocycles. The van der Waals surface area contributed by atoms with Gasteiger partial charge in [0.15, 0.2) is 0 Å². The minimum absolute atomic E-state index is 0.00977. The SMILES string of the molecule is Cc1ccc([N+](=O)[O-])cc1C1=NCC(=O)N1. The third-order valence-corrected chi connectivity index (χ3v) is 2.33. The fraction of sp³-hybridized carbons (Fsp3) is 0.200. The zero-order valence-electron chi connectivity index (χ0n) is 8.56. The van der Waals surface area contributed by atoms with Gasteiger partial charge in [-0.25, -0.2) is 0 Å². The Morgan fingerprint density at radius 1 is 1.50 bits per heavy atom. The monoisotopic (exact) mass is 219 g/mol. The molecular weight excluding hydrogens is 210 g/mol. The summed E-state index contributed by atoms with van der Waals surface area (Å²) in [5.74, 6) is 0.215. The standard InChI is InChI=1S/C10H9N3O3/c1-6-2-3-7(13(15)16)4-8(6)10-11-5-9(14)12-10/h2-4H,5H2,1H3,(H,11,12,14). The van der Waals surface area contributed by atoms with Gasteiger partial charge < -0.3 is 5.32 Å². The Labute approximate surface area is 91.1 Å². The number of carbonyl (C=O) groups is 1. The van der Waals surface area contributed by atoms with Gasteiger partial charge in [-0.15, -0.1) is 0 Å². The Morgan fingerprint density at radius 2 is 2.25 bits per heavy atom. The van der Waals surface area contributed by atoms with Crippen LogP contribution in [0.3, 0.4) is 0 Å². The number of aliphatic imine (C=N–C) groups is 1. The number of aryl methyl sites for hydroxylation is 1. The lowest BCUT2D eigenvalue weighted by atomic mass is 10.1. The van der Waals surface area contributed by atoms with Crippen LogP contribution in [0, 0.1) is 17.0 Å². The lowest BCUT2D eigenvalue weighted by Gasteiger charge is -2.05. The summed E-state index contributed by atoms with van der Waals surface area (Å²) >= 11 is 0. The van der Waals surface area contributed by atoms with E-state index in [4.69, 9.17) is 0 Å². The first-order valence-electron chi connectivity index (χ1n) is 4.67. The highest BCUT2D eigenvalue weighted by atomic mass is 16.6. The predicted molar refractivity (Wildman–Crippen MR) is 57.4 cm³/mol. The van der Waals surface area contributed by atoms with Gasteiger partial charge in [0.2, 0.25) is 5.91 Å². The lowest BCUT2D eigenvalue weighted by Crippen LogP contribution is -2.25. The van der Waals surface area contributed by atoms with Gasteiger partial charge in [-0.3, -0.25) is 19.9 Å². The third kappa shape index (κ3) is 1.77. The zero-order chi connectivity index (χ0) is 11.7. The normalized spacial score (nSPS) is 14.6. The number of hydrogen-bond donors (Lipinski definition) is 1. The Bertz CT molecular complexity index is 508. The fourth-order valence-corrected chi connectivity index (χ4v) is 1.49. The number of nitrogens with zero attached hydrogens (tertiary/aromatic N) is 2. The fourth-order valence-electron chi connectivity index (χ4n) is 1.49. The average Bonchev–Trinajstić information content (AvgIpc) is 2.65. The quantitative estimate of drug-likeness (QED) is 0.589. The Balaban J connectivity index is 2.44. The molecule has 0 radical (unpaired) electrons. The summed E-state index contributed by atoms with van der Waals surface area (Å²) in [4.78, 5) is 25.1. The number of carbonyl (C=O) groups excluding carboxylic acids is 1. The number of benzene rings is 1. The van der Waals surface area contributed by atoms with E-state index in [0.717, 1.165) is 5.56 Å². The molecule has 1 N–H and O–H groups in total. The van der Waals surface area contributed by atoms with Crippen molar-refractivity contribution in [1.82, 2.24) is 5.32 Å². The van der Waals surface area contributed by atoms with Crippen LogP contribution < -0.4 is 5.32 Å². The molecule has 0 fully saturated rings. The maximum absolute atomic E-state index is 11.0. The van der Waals surface area contributed by atoms with Gasteiger partial charge in [-0.1, -0.05) is 6.07 Å². The number of rotatable bonds is 2. The van der Waals surface area contributed by atoms with Crippen LogP contribution in [-0.2, 0) is 4.79 Å². The van der Waals surface area contributed by atoms with Crippen LogP contribution in [0.5, 0.6) is 0 Å². The van der Waals surface area contributed by atoms with Gasteiger partial charge in [0, 0.05) is 17.7 Å². The van der Waals surface area contributed by atoms with Crippen LogP contribution in [0.2, 0.25) is 0 Å². The average molecular weight is 219 g/mol. The van der Waals surface area contributed by atoms with Crippen LogP contribution in [0.15, 0.2) is 23.2 Å². The van der Waals surface area contributed by atoms with Crippen molar-refractivity contribution in [1.29, 1.82) is 0 Å². The topological polar surface area (TPSA) is 84.6 Å². The summed E-state index contributed by atoms with van der Waals surface area (Å²) in [6.45, 7) is 1.89. The summed E-state index contributed by atoms with van der Waals surface area (Å²) in [5.41, 5.74) is 1.43. The van der Waals surface area contributed by atoms with Crippen molar-refractivity contribution in [3.8, 4) is 0 Å². The molecule has 0 aromatic heterocycles. The number of nitro benzene ring substituents is 1. The van der Waals surface area contributed by atoms with Crippen LogP contribution in [0.1, 0.15) is 11.1 Å². The van der Waals surface area contributed by atoms with Crippen LogP contribution >= 0.6 is 0 Å². The van der Waals surface area contributed by atoms with Crippen molar-refractivity contribution in [2.24, 2.45) is 4.99 Å². The molecular formula is C10H9N3O3. The highest BCUT2D eigenvalue weighted by Gasteiger charge is 2.18. The highest BCUT2D eigenvalue weighted by molar-refractivity contribution is 6.13. The summed E-state index contributed by atoms with van der Waals surface area (Å²) in [6, 6.07) is 4.48. The largest absolute Gasteiger partial charge is 0.309 e. The van der Waals surface area contributed by atoms with E-state index in [1.807, 2.05) is 6.92 Å². The molecule has 6 nitrogen and oxygen atoms in total. The van der Waals surface area contributed by atoms with Crippen molar-refractivity contribution in [2.75, 3.05) is 6.54 Å². The second-order valence-corrected chi connectivity index (χ2v) is 3.47. The molecule has 1 amide bonds. The molecule has 1 aromatic rings. The van der Waals surface area contributed by atoms with Gasteiger partial charge in [-0.05, 0) is 12.5 Å². The van der Waals surface area contributed by atoms with E-state index in [1.54, 1.807) is 6.07 Å². The maximum atomic E-state index is 11.0. The molecule has 0 atom stereocenters. The minimum atomic E-state index is -0.472. The van der Waals surface area contributed by atoms with Crippen LogP contribution in [-0.4, -0.2) is 23.2 Å². The molecule has 0 bridgehead atoms. The molecule has 0 spiro atoms. The first kappa shape index (κ1) is 10.3. The lowest BCUT2D eigenvalue weighted by molar-refractivity contribution is -0.384. The number of amides is 1. The van der Waals surface area contributed by atoms with E-state index in [0.29, 0.717) is 11.4 Å². The van der Waals surface area contributed by atoms with Crippen molar-refractivity contribution in [3.05, 3.63) is 39.4 Å². The number of non-ortho nitro benzene ring substituents is 1. The van der Waals surface area contributed by atoms with Crippen molar-refractivity contribution in [3.63, 3.8) is 0 Å². The zero-order valence-corrected chi connectivity index (χ0v) is 8.56. The number of amidine groups is 1. The van der Waals surface area contributed by atoms with Crippen molar-refractivity contribution in [2.45, 2.75) is 6.92 Å². The van der Waals surface area contributed by atoms with E-state index >= 15 is 0 Å². The molecule has 0 aliphatic carbocycles. The summed E-state index contributed by atoms with van der Waals surface area (Å²) in [7, 11) is 0. The van der Waals surface area contributed by atoms with Gasteiger partial charge in [0.25, 0.3) is 5.69 Å². The van der Waals surface area contributed by atoms with Gasteiger partial charge in [-0.2, -0.15) is 0 Å². The molecule has 6 heteroatoms. The highest BCUT2D eigenvalue weighted by Crippen LogP contribution is 2.18. The molecule has 0 saturated carbocycles. The van der Waals surface area contributed by atoms with E-state index in [2.05, 4.69) is 10.3 Å². The summed E-state index contributed by atoms with van der Waals surface area (Å²) < 4.78 is 0. The molecule has 0 saturated heterocycles. The predicted octanol–water partition coefficient (Wildman–Crippen LogP) is 0.780. The van der Waals surface area contributed by atoms with Gasteiger partial charge >= 0.3 is 0 Å². The molecule has 82 valence electrons. The number of nitro groups is 1. The molecule has 1 aliphatic rings. The number of hydrogen-bond acceptors (Lipinski definition) is 4. The van der Waals surface area contributed by atoms with E-state index < -0.39 is 4.92 Å². The third-order valence-electron chi connectivity index (χ3n) is 2.33. The summed E-state index contributed by atoms with van der Waals surface area (Å²) in [5, 5.41) is 13.2. The van der Waals surface area contributed by atoms with Crippen molar-refractivity contribution >= 4 is 17.4 Å². The number of nitrogens with one attached hydrogen (secondary N) is 1. The minimum Gasteiger partial charge on any atom is -0.309 e. The van der Waals surface area contributed by atoms with Gasteiger partial charge in [0.1, 0.15) is 12.4 Å². The van der Waals surface area contributed by atoms with Gasteiger partial charge in [0.05, 0.1) is 4.92 Å². The molecule has 2 rings (SSSR count). The molecule has 0 unspecified atom stereocenters. The first-order chi connectivity index (χ1) is 7.58. The smallest absolute Gasteiger partial charge is 0.270 e. The molecule has 1 aliphatic heterocycles. The second kappa shape index (κ2) is 3.73. The van der Waals surface area contributed by atoms with E-state index in [1.165, 1.54) is 12.1 Å². The molecule has 16 heavy (non-hydrogen) atoms. The van der Waals surface area contributed by atoms with E-state index in [9.17, 15) is 14.9 Å². The second-order valence-electron chi connectivity index (χ2n) is 3.47. The van der Waals surface area contributed by atoms with Crippen molar-refractivity contribution < 1.29 is 9.72 Å². The first-order valence-corrected chi connectivity index (χ1v) is 4.67. The molecule has 1 aromatic carbocycles. The maximum Gasteiger partial charge on any atom is 0.270 e. The van der Waals surface area contributed by atoms with Crippen LogP contribution in [0.25, 0.3) is 0 Å². The Kier molecular flexibility index (Phi) is 2.40. The van der Waals surface area contributed by atoms with Crippen LogP contribution in [0.4, 0.5) is 5.69 Å².